The molecular formula is C20H21N5O2. The van der Waals surface area contributed by atoms with Crippen molar-refractivity contribution in [3.63, 3.8) is 0 Å². The van der Waals surface area contributed by atoms with Crippen molar-refractivity contribution in [1.29, 1.82) is 0 Å². The second kappa shape index (κ2) is 6.50. The van der Waals surface area contributed by atoms with Crippen LogP contribution >= 0.6 is 0 Å². The fraction of sp³-hybridized carbons (Fsp3) is 0.300. The fourth-order valence-corrected chi connectivity index (χ4v) is 3.36. The van der Waals surface area contributed by atoms with E-state index in [1.807, 2.05) is 44.2 Å². The maximum absolute atomic E-state index is 12.9. The van der Waals surface area contributed by atoms with E-state index in [0.717, 1.165) is 35.5 Å². The van der Waals surface area contributed by atoms with Crippen LogP contribution in [-0.4, -0.2) is 32.8 Å². The number of carbonyl (C=O) groups excluding carboxylic acids is 1. The molecule has 2 heterocycles. The number of methoxy groups -OCH3 is 1. The van der Waals surface area contributed by atoms with Gasteiger partial charge >= 0.3 is 0 Å². The highest BCUT2D eigenvalue weighted by atomic mass is 16.5. The summed E-state index contributed by atoms with van der Waals surface area (Å²) in [5.74, 6) is 1.15. The molecule has 1 amide bonds. The van der Waals surface area contributed by atoms with Crippen molar-refractivity contribution in [3.05, 3.63) is 59.7 Å². The van der Waals surface area contributed by atoms with Gasteiger partial charge in [0.05, 0.1) is 36.3 Å². The van der Waals surface area contributed by atoms with Crippen molar-refractivity contribution in [1.82, 2.24) is 19.7 Å². The van der Waals surface area contributed by atoms with Crippen LogP contribution in [0.4, 0.5) is 5.69 Å². The minimum absolute atomic E-state index is 0.0607. The van der Waals surface area contributed by atoms with Gasteiger partial charge in [-0.1, -0.05) is 18.2 Å². The number of amides is 1. The van der Waals surface area contributed by atoms with Gasteiger partial charge in [0.2, 0.25) is 5.91 Å². The van der Waals surface area contributed by atoms with Crippen molar-refractivity contribution in [2.75, 3.05) is 12.4 Å². The van der Waals surface area contributed by atoms with E-state index in [1.165, 1.54) is 0 Å². The lowest BCUT2D eigenvalue weighted by Crippen LogP contribution is -2.28. The van der Waals surface area contributed by atoms with E-state index < -0.39 is 5.41 Å². The summed E-state index contributed by atoms with van der Waals surface area (Å²) in [6, 6.07) is 9.63. The van der Waals surface area contributed by atoms with Gasteiger partial charge in [0.1, 0.15) is 5.75 Å². The smallest absolute Gasteiger partial charge is 0.250 e. The van der Waals surface area contributed by atoms with Crippen LogP contribution in [0, 0.1) is 13.8 Å². The predicted octanol–water partition coefficient (Wildman–Crippen LogP) is 2.96. The van der Waals surface area contributed by atoms with Crippen LogP contribution in [0.15, 0.2) is 42.7 Å². The van der Waals surface area contributed by atoms with Gasteiger partial charge in [-0.3, -0.25) is 4.79 Å². The van der Waals surface area contributed by atoms with Crippen LogP contribution in [0.25, 0.3) is 5.95 Å². The molecule has 7 heteroatoms. The molecule has 0 aliphatic heterocycles. The van der Waals surface area contributed by atoms with Crippen LogP contribution in [0.1, 0.15) is 29.8 Å². The number of para-hydroxylation sites is 1. The van der Waals surface area contributed by atoms with Crippen LogP contribution in [-0.2, 0) is 10.2 Å². The van der Waals surface area contributed by atoms with E-state index in [9.17, 15) is 4.79 Å². The number of aromatic nitrogens is 4. The maximum atomic E-state index is 12.9. The Balaban J connectivity index is 1.54. The first-order valence-corrected chi connectivity index (χ1v) is 8.84. The molecule has 1 aromatic carbocycles. The summed E-state index contributed by atoms with van der Waals surface area (Å²) in [6.45, 7) is 3.87. The van der Waals surface area contributed by atoms with E-state index in [1.54, 1.807) is 24.2 Å². The van der Waals surface area contributed by atoms with Crippen molar-refractivity contribution in [2.24, 2.45) is 0 Å². The molecule has 1 N–H and O–H groups in total. The van der Waals surface area contributed by atoms with Crippen molar-refractivity contribution < 1.29 is 9.53 Å². The second-order valence-electron chi connectivity index (χ2n) is 6.85. The summed E-state index contributed by atoms with van der Waals surface area (Å²) in [5.41, 5.74) is 2.80. The molecule has 0 spiro atoms. The third kappa shape index (κ3) is 3.05. The standard InChI is InChI=1S/C20H21N5O2/c1-13-10-14(2)25(24-13)19-21-11-15(12-22-19)23-18(26)20(8-9-20)16-6-4-5-7-17(16)27-3/h4-7,10-12H,8-9H2,1-3H3,(H,23,26). The summed E-state index contributed by atoms with van der Waals surface area (Å²) in [7, 11) is 1.62. The van der Waals surface area contributed by atoms with Crippen LogP contribution in [0.5, 0.6) is 5.75 Å². The van der Waals surface area contributed by atoms with E-state index in [4.69, 9.17) is 4.74 Å². The number of anilines is 1. The number of benzene rings is 1. The molecule has 27 heavy (non-hydrogen) atoms. The average molecular weight is 363 g/mol. The van der Waals surface area contributed by atoms with E-state index in [0.29, 0.717) is 11.6 Å². The average Bonchev–Trinajstić information content (AvgIpc) is 3.42. The molecule has 1 aliphatic carbocycles. The van der Waals surface area contributed by atoms with Gasteiger partial charge in [-0.2, -0.15) is 5.10 Å². The quantitative estimate of drug-likeness (QED) is 0.754. The molecule has 4 rings (SSSR count). The molecule has 1 aliphatic rings. The number of ether oxygens (including phenoxy) is 1. The number of rotatable bonds is 5. The zero-order valence-corrected chi connectivity index (χ0v) is 15.6. The van der Waals surface area contributed by atoms with Crippen molar-refractivity contribution in [2.45, 2.75) is 32.1 Å². The predicted molar refractivity (Wildman–Crippen MR) is 101 cm³/mol. The Labute approximate surface area is 157 Å². The Hall–Kier alpha value is -3.22. The molecule has 0 unspecified atom stereocenters. The highest BCUT2D eigenvalue weighted by Gasteiger charge is 2.52. The number of nitrogens with one attached hydrogen (secondary N) is 1. The van der Waals surface area contributed by atoms with Gasteiger partial charge in [0.15, 0.2) is 0 Å². The number of nitrogens with zero attached hydrogens (tertiary/aromatic N) is 4. The third-order valence-electron chi connectivity index (χ3n) is 4.90. The first kappa shape index (κ1) is 17.2. The van der Waals surface area contributed by atoms with Gasteiger partial charge in [-0.25, -0.2) is 14.6 Å². The summed E-state index contributed by atoms with van der Waals surface area (Å²) >= 11 is 0. The summed E-state index contributed by atoms with van der Waals surface area (Å²) < 4.78 is 7.11. The van der Waals surface area contributed by atoms with Crippen LogP contribution < -0.4 is 10.1 Å². The first-order chi connectivity index (χ1) is 13.0. The Morgan fingerprint density at radius 2 is 1.89 bits per heavy atom. The molecular weight excluding hydrogens is 342 g/mol. The molecule has 0 atom stereocenters. The highest BCUT2D eigenvalue weighted by molar-refractivity contribution is 6.01. The summed E-state index contributed by atoms with van der Waals surface area (Å²) in [4.78, 5) is 21.6. The molecule has 2 aromatic heterocycles. The Morgan fingerprint density at radius 1 is 1.19 bits per heavy atom. The summed E-state index contributed by atoms with van der Waals surface area (Å²) in [6.07, 6.45) is 4.80. The topological polar surface area (TPSA) is 81.9 Å². The van der Waals surface area contributed by atoms with E-state index in [2.05, 4.69) is 20.4 Å². The van der Waals surface area contributed by atoms with Gasteiger partial charge in [-0.15, -0.1) is 0 Å². The van der Waals surface area contributed by atoms with Gasteiger partial charge in [0.25, 0.3) is 5.95 Å². The number of hydrogen-bond donors (Lipinski definition) is 1. The molecule has 7 nitrogen and oxygen atoms in total. The van der Waals surface area contributed by atoms with Gasteiger partial charge < -0.3 is 10.1 Å². The Bertz CT molecular complexity index is 990. The number of aryl methyl sites for hydroxylation is 2. The van der Waals surface area contributed by atoms with E-state index in [-0.39, 0.29) is 5.91 Å². The Morgan fingerprint density at radius 3 is 2.48 bits per heavy atom. The number of carbonyl (C=O) groups is 1. The summed E-state index contributed by atoms with van der Waals surface area (Å²) in [5, 5.41) is 7.31. The molecule has 3 aromatic rings. The lowest BCUT2D eigenvalue weighted by Gasteiger charge is -2.18. The van der Waals surface area contributed by atoms with Crippen molar-refractivity contribution >= 4 is 11.6 Å². The van der Waals surface area contributed by atoms with E-state index >= 15 is 0 Å². The second-order valence-corrected chi connectivity index (χ2v) is 6.85. The Kier molecular flexibility index (Phi) is 4.14. The highest BCUT2D eigenvalue weighted by Crippen LogP contribution is 2.51. The molecule has 1 fully saturated rings. The third-order valence-corrected chi connectivity index (χ3v) is 4.90. The molecule has 1 saturated carbocycles. The fourth-order valence-electron chi connectivity index (χ4n) is 3.36. The maximum Gasteiger partial charge on any atom is 0.250 e. The monoisotopic (exact) mass is 363 g/mol. The van der Waals surface area contributed by atoms with Crippen LogP contribution in [0.2, 0.25) is 0 Å². The van der Waals surface area contributed by atoms with Crippen molar-refractivity contribution in [3.8, 4) is 11.7 Å². The first-order valence-electron chi connectivity index (χ1n) is 8.84. The molecule has 0 saturated heterocycles. The van der Waals surface area contributed by atoms with Crippen LogP contribution in [0.3, 0.4) is 0 Å². The SMILES string of the molecule is COc1ccccc1C1(C(=O)Nc2cnc(-n3nc(C)cc3C)nc2)CC1. The minimum atomic E-state index is -0.541. The lowest BCUT2D eigenvalue weighted by molar-refractivity contribution is -0.118. The largest absolute Gasteiger partial charge is 0.496 e. The zero-order chi connectivity index (χ0) is 19.0. The zero-order valence-electron chi connectivity index (χ0n) is 15.6. The normalized spacial score (nSPS) is 14.6. The lowest BCUT2D eigenvalue weighted by atomic mass is 9.94. The molecule has 0 bridgehead atoms. The number of hydrogen-bond acceptors (Lipinski definition) is 5. The molecule has 0 radical (unpaired) electrons. The van der Waals surface area contributed by atoms with Gasteiger partial charge in [-0.05, 0) is 38.8 Å². The minimum Gasteiger partial charge on any atom is -0.496 e. The van der Waals surface area contributed by atoms with Gasteiger partial charge in [0, 0.05) is 11.3 Å². The molecule has 138 valence electrons.